The van der Waals surface area contributed by atoms with Crippen LogP contribution in [0.3, 0.4) is 0 Å². The summed E-state index contributed by atoms with van der Waals surface area (Å²) in [7, 11) is 1.56. The number of imide groups is 1. The van der Waals surface area contributed by atoms with Gasteiger partial charge in [-0.25, -0.2) is 4.90 Å². The monoisotopic (exact) mass is 391 g/mol. The Hall–Kier alpha value is -2.11. The highest BCUT2D eigenvalue weighted by Gasteiger charge is 2.39. The fraction of sp³-hybridized carbons (Fsp3) is 0.0588. The first-order valence-electron chi connectivity index (χ1n) is 6.71. The minimum Gasteiger partial charge on any atom is -0.497 e. The summed E-state index contributed by atoms with van der Waals surface area (Å²) in [5.41, 5.74) is 1.25. The number of carbonyl (C=O) groups is 2. The van der Waals surface area contributed by atoms with Crippen LogP contribution in [0.4, 0.5) is 5.69 Å². The molecule has 1 heterocycles. The fourth-order valence-corrected chi connectivity index (χ4v) is 2.87. The van der Waals surface area contributed by atoms with E-state index in [-0.39, 0.29) is 10.6 Å². The van der Waals surface area contributed by atoms with Crippen LogP contribution in [0.5, 0.6) is 5.75 Å². The zero-order valence-electron chi connectivity index (χ0n) is 12.0. The van der Waals surface area contributed by atoms with E-state index >= 15 is 0 Å². The summed E-state index contributed by atoms with van der Waals surface area (Å²) < 4.78 is 5.95. The van der Waals surface area contributed by atoms with E-state index in [9.17, 15) is 9.59 Å². The molecule has 2 aromatic carbocycles. The summed E-state index contributed by atoms with van der Waals surface area (Å²) in [4.78, 5) is 26.2. The molecule has 3 rings (SSSR count). The fourth-order valence-electron chi connectivity index (χ4n) is 2.34. The average molecular weight is 393 g/mol. The Balaban J connectivity index is 2.00. The number of ether oxygens (including phenoxy) is 1. The van der Waals surface area contributed by atoms with Crippen molar-refractivity contribution in [3.05, 3.63) is 63.6 Å². The number of rotatable bonds is 3. The third-order valence-electron chi connectivity index (χ3n) is 3.49. The molecule has 0 spiro atoms. The Labute approximate surface area is 146 Å². The molecule has 6 heteroatoms. The van der Waals surface area contributed by atoms with Crippen LogP contribution in [0.25, 0.3) is 5.57 Å². The van der Waals surface area contributed by atoms with E-state index in [0.717, 1.165) is 9.37 Å². The highest BCUT2D eigenvalue weighted by molar-refractivity contribution is 9.10. The Morgan fingerprint density at radius 1 is 0.957 bits per heavy atom. The van der Waals surface area contributed by atoms with Gasteiger partial charge in [-0.2, -0.15) is 0 Å². The van der Waals surface area contributed by atoms with Crippen molar-refractivity contribution in [2.45, 2.75) is 0 Å². The average Bonchev–Trinajstić information content (AvgIpc) is 2.78. The second-order valence-electron chi connectivity index (χ2n) is 4.84. The Morgan fingerprint density at radius 2 is 1.57 bits per heavy atom. The van der Waals surface area contributed by atoms with E-state index in [0.29, 0.717) is 17.0 Å². The predicted octanol–water partition coefficient (Wildman–Crippen LogP) is 3.98. The molecule has 0 atom stereocenters. The first-order valence-corrected chi connectivity index (χ1v) is 7.88. The van der Waals surface area contributed by atoms with E-state index in [1.165, 1.54) is 0 Å². The first kappa shape index (κ1) is 15.8. The van der Waals surface area contributed by atoms with E-state index in [2.05, 4.69) is 15.9 Å². The van der Waals surface area contributed by atoms with Gasteiger partial charge in [-0.15, -0.1) is 0 Å². The Bertz CT molecular complexity index is 813. The third kappa shape index (κ3) is 2.78. The van der Waals surface area contributed by atoms with Gasteiger partial charge in [0.25, 0.3) is 11.8 Å². The molecular weight excluding hydrogens is 382 g/mol. The van der Waals surface area contributed by atoms with Crippen molar-refractivity contribution < 1.29 is 14.3 Å². The molecule has 23 heavy (non-hydrogen) atoms. The molecule has 0 N–H and O–H groups in total. The normalized spacial score (nSPS) is 14.7. The molecule has 1 aliphatic heterocycles. The number of anilines is 1. The quantitative estimate of drug-likeness (QED) is 0.742. The summed E-state index contributed by atoms with van der Waals surface area (Å²) in [5.74, 6) is -0.302. The molecule has 2 amide bonds. The van der Waals surface area contributed by atoms with Gasteiger partial charge in [-0.05, 0) is 42.0 Å². The third-order valence-corrected chi connectivity index (χ3v) is 4.37. The molecule has 116 valence electrons. The number of halogens is 2. The van der Waals surface area contributed by atoms with Gasteiger partial charge in [0.2, 0.25) is 0 Å². The number of carbonyl (C=O) groups excluding carboxylic acids is 2. The highest BCUT2D eigenvalue weighted by atomic mass is 79.9. The minimum atomic E-state index is -0.523. The number of methoxy groups -OCH3 is 1. The predicted molar refractivity (Wildman–Crippen MR) is 92.4 cm³/mol. The number of hydrogen-bond donors (Lipinski definition) is 0. The van der Waals surface area contributed by atoms with Crippen LogP contribution < -0.4 is 9.64 Å². The maximum absolute atomic E-state index is 12.7. The zero-order chi connectivity index (χ0) is 16.6. The molecule has 0 bridgehead atoms. The molecule has 4 nitrogen and oxygen atoms in total. The van der Waals surface area contributed by atoms with E-state index in [1.54, 1.807) is 55.6 Å². The number of benzene rings is 2. The lowest BCUT2D eigenvalue weighted by atomic mass is 10.1. The van der Waals surface area contributed by atoms with Crippen molar-refractivity contribution in [1.29, 1.82) is 0 Å². The molecule has 0 aromatic heterocycles. The van der Waals surface area contributed by atoms with E-state index in [4.69, 9.17) is 16.3 Å². The van der Waals surface area contributed by atoms with Crippen LogP contribution in [0, 0.1) is 0 Å². The van der Waals surface area contributed by atoms with E-state index in [1.807, 2.05) is 0 Å². The van der Waals surface area contributed by atoms with Gasteiger partial charge >= 0.3 is 0 Å². The van der Waals surface area contributed by atoms with Gasteiger partial charge in [0.05, 0.1) is 18.4 Å². The van der Waals surface area contributed by atoms with Gasteiger partial charge in [-0.3, -0.25) is 9.59 Å². The largest absolute Gasteiger partial charge is 0.497 e. The topological polar surface area (TPSA) is 46.6 Å². The van der Waals surface area contributed by atoms with Gasteiger partial charge in [0.1, 0.15) is 10.8 Å². The second kappa shape index (κ2) is 6.18. The lowest BCUT2D eigenvalue weighted by Gasteiger charge is -2.15. The van der Waals surface area contributed by atoms with Gasteiger partial charge in [0, 0.05) is 4.47 Å². The maximum Gasteiger partial charge on any atom is 0.277 e. The van der Waals surface area contributed by atoms with Crippen molar-refractivity contribution in [3.8, 4) is 5.75 Å². The van der Waals surface area contributed by atoms with E-state index < -0.39 is 11.8 Å². The maximum atomic E-state index is 12.7. The first-order chi connectivity index (χ1) is 11.0. The van der Waals surface area contributed by atoms with Crippen molar-refractivity contribution in [1.82, 2.24) is 0 Å². The van der Waals surface area contributed by atoms with Crippen LogP contribution in [-0.2, 0) is 9.59 Å². The molecule has 0 aliphatic carbocycles. The number of amides is 2. The van der Waals surface area contributed by atoms with Gasteiger partial charge in [0.15, 0.2) is 0 Å². The molecule has 2 aromatic rings. The van der Waals surface area contributed by atoms with Crippen LogP contribution in [0.2, 0.25) is 0 Å². The Kier molecular flexibility index (Phi) is 4.24. The summed E-state index contributed by atoms with van der Waals surface area (Å²) in [6.07, 6.45) is 0. The SMILES string of the molecule is COc1ccc(C2=C(Cl)C(=O)N(c3ccc(Br)cc3)C2=O)cc1. The molecule has 1 aliphatic rings. The number of nitrogens with zero attached hydrogens (tertiary/aromatic N) is 1. The van der Waals surface area contributed by atoms with Gasteiger partial charge < -0.3 is 4.74 Å². The summed E-state index contributed by atoms with van der Waals surface area (Å²) >= 11 is 9.46. The lowest BCUT2D eigenvalue weighted by molar-refractivity contribution is -0.119. The van der Waals surface area contributed by atoms with Crippen LogP contribution >= 0.6 is 27.5 Å². The zero-order valence-corrected chi connectivity index (χ0v) is 14.4. The van der Waals surface area contributed by atoms with Crippen molar-refractivity contribution >= 4 is 50.6 Å². The Morgan fingerprint density at radius 3 is 2.13 bits per heavy atom. The van der Waals surface area contributed by atoms with Crippen LogP contribution in [0.1, 0.15) is 5.56 Å². The lowest BCUT2D eigenvalue weighted by Crippen LogP contribution is -2.31. The molecule has 0 fully saturated rings. The molecule has 0 radical (unpaired) electrons. The van der Waals surface area contributed by atoms with Gasteiger partial charge in [-0.1, -0.05) is 39.7 Å². The standard InChI is InChI=1S/C17H11BrClNO3/c1-23-13-8-2-10(3-9-13)14-15(19)17(22)20(16(14)21)12-6-4-11(18)5-7-12/h2-9H,1H3. The molecule has 0 saturated heterocycles. The van der Waals surface area contributed by atoms with Crippen molar-refractivity contribution in [3.63, 3.8) is 0 Å². The minimum absolute atomic E-state index is 0.0805. The molecular formula is C17H11BrClNO3. The smallest absolute Gasteiger partial charge is 0.277 e. The molecule has 0 saturated carbocycles. The highest BCUT2D eigenvalue weighted by Crippen LogP contribution is 2.35. The summed E-state index contributed by atoms with van der Waals surface area (Å²) in [5, 5.41) is -0.0805. The summed E-state index contributed by atoms with van der Waals surface area (Å²) in [6, 6.07) is 13.7. The van der Waals surface area contributed by atoms with Crippen molar-refractivity contribution in [2.24, 2.45) is 0 Å². The van der Waals surface area contributed by atoms with Crippen molar-refractivity contribution in [2.75, 3.05) is 12.0 Å². The summed E-state index contributed by atoms with van der Waals surface area (Å²) in [6.45, 7) is 0. The van der Waals surface area contributed by atoms with Crippen LogP contribution in [0.15, 0.2) is 58.0 Å². The number of hydrogen-bond acceptors (Lipinski definition) is 3. The van der Waals surface area contributed by atoms with Crippen LogP contribution in [-0.4, -0.2) is 18.9 Å². The second-order valence-corrected chi connectivity index (χ2v) is 6.13. The molecule has 0 unspecified atom stereocenters.